The summed E-state index contributed by atoms with van der Waals surface area (Å²) in [5, 5.41) is 9.90. The third-order valence-corrected chi connectivity index (χ3v) is 6.05. The Balaban J connectivity index is 3.22. The lowest BCUT2D eigenvalue weighted by Gasteiger charge is -2.56. The van der Waals surface area contributed by atoms with E-state index in [9.17, 15) is 5.11 Å². The van der Waals surface area contributed by atoms with Gasteiger partial charge in [0.05, 0.1) is 0 Å². The normalized spacial score (nSPS) is 19.5. The van der Waals surface area contributed by atoms with Gasteiger partial charge in [-0.1, -0.05) is 66.7 Å². The highest BCUT2D eigenvalue weighted by molar-refractivity contribution is 5.00. The Morgan fingerprint density at radius 3 is 1.54 bits per heavy atom. The van der Waals surface area contributed by atoms with Crippen molar-refractivity contribution in [3.8, 4) is 0 Å². The molecule has 0 unspecified atom stereocenters. The van der Waals surface area contributed by atoms with Gasteiger partial charge in [-0.05, 0) is 64.2 Å². The van der Waals surface area contributed by atoms with Crippen molar-refractivity contribution >= 4 is 0 Å². The van der Waals surface area contributed by atoms with Crippen molar-refractivity contribution in [1.29, 1.82) is 0 Å². The van der Waals surface area contributed by atoms with Crippen molar-refractivity contribution in [1.82, 2.24) is 4.90 Å². The molecule has 0 radical (unpaired) electrons. The second kappa shape index (κ2) is 8.95. The molecule has 0 spiro atoms. The SMILES string of the molecule is CC(C)(C)CC(C)(C)N(C1CCCCCCC1)C(C)(C)CC(C)(C)CO. The number of aliphatic hydroxyl groups excluding tert-OH is 1. The van der Waals surface area contributed by atoms with E-state index < -0.39 is 0 Å². The average molecular weight is 368 g/mol. The molecule has 2 heteroatoms. The van der Waals surface area contributed by atoms with E-state index in [-0.39, 0.29) is 23.1 Å². The zero-order valence-electron chi connectivity index (χ0n) is 19.5. The molecule has 0 saturated heterocycles. The van der Waals surface area contributed by atoms with Gasteiger partial charge in [-0.3, -0.25) is 4.90 Å². The lowest BCUT2D eigenvalue weighted by molar-refractivity contribution is -0.0711. The zero-order chi connectivity index (χ0) is 20.2. The molecule has 1 rings (SSSR count). The molecule has 156 valence electrons. The summed E-state index contributed by atoms with van der Waals surface area (Å²) in [5.74, 6) is 0. The van der Waals surface area contributed by atoms with Crippen LogP contribution >= 0.6 is 0 Å². The highest BCUT2D eigenvalue weighted by Gasteiger charge is 2.45. The Bertz CT molecular complexity index is 408. The van der Waals surface area contributed by atoms with Crippen molar-refractivity contribution in [2.75, 3.05) is 6.61 Å². The van der Waals surface area contributed by atoms with Gasteiger partial charge >= 0.3 is 0 Å². The number of hydrogen-bond donors (Lipinski definition) is 1. The molecular weight excluding hydrogens is 318 g/mol. The molecule has 0 aromatic carbocycles. The van der Waals surface area contributed by atoms with Crippen LogP contribution < -0.4 is 0 Å². The van der Waals surface area contributed by atoms with Crippen LogP contribution in [0, 0.1) is 10.8 Å². The van der Waals surface area contributed by atoms with E-state index in [0.717, 1.165) is 6.42 Å². The molecule has 1 fully saturated rings. The summed E-state index contributed by atoms with van der Waals surface area (Å²) in [6.07, 6.45) is 11.8. The van der Waals surface area contributed by atoms with E-state index in [0.29, 0.717) is 11.5 Å². The number of rotatable bonds is 7. The lowest BCUT2D eigenvalue weighted by Crippen LogP contribution is -2.62. The Morgan fingerprint density at radius 2 is 1.12 bits per heavy atom. The van der Waals surface area contributed by atoms with Gasteiger partial charge in [-0.2, -0.15) is 0 Å². The Labute approximate surface area is 165 Å². The van der Waals surface area contributed by atoms with E-state index in [4.69, 9.17) is 0 Å². The fourth-order valence-electron chi connectivity index (χ4n) is 6.20. The van der Waals surface area contributed by atoms with Gasteiger partial charge < -0.3 is 5.11 Å². The number of nitrogens with zero attached hydrogens (tertiary/aromatic N) is 1. The van der Waals surface area contributed by atoms with Crippen LogP contribution in [-0.2, 0) is 0 Å². The summed E-state index contributed by atoms with van der Waals surface area (Å²) >= 11 is 0. The van der Waals surface area contributed by atoms with E-state index in [1.165, 1.54) is 51.4 Å². The van der Waals surface area contributed by atoms with E-state index in [1.54, 1.807) is 0 Å². The van der Waals surface area contributed by atoms with Crippen LogP contribution in [0.4, 0.5) is 0 Å². The molecule has 0 heterocycles. The molecule has 1 N–H and O–H groups in total. The maximum absolute atomic E-state index is 9.90. The molecule has 0 amide bonds. The summed E-state index contributed by atoms with van der Waals surface area (Å²) in [7, 11) is 0. The van der Waals surface area contributed by atoms with Gasteiger partial charge in [0.25, 0.3) is 0 Å². The number of aliphatic hydroxyl groups is 1. The molecule has 1 saturated carbocycles. The highest BCUT2D eigenvalue weighted by atomic mass is 16.3. The first-order valence-corrected chi connectivity index (χ1v) is 11.1. The minimum absolute atomic E-state index is 0.0405. The van der Waals surface area contributed by atoms with E-state index >= 15 is 0 Å². The van der Waals surface area contributed by atoms with Crippen LogP contribution in [0.15, 0.2) is 0 Å². The van der Waals surface area contributed by atoms with Gasteiger partial charge in [0.1, 0.15) is 0 Å². The monoisotopic (exact) mass is 367 g/mol. The van der Waals surface area contributed by atoms with Crippen molar-refractivity contribution in [3.05, 3.63) is 0 Å². The average Bonchev–Trinajstić information content (AvgIpc) is 2.36. The second-order valence-electron chi connectivity index (χ2n) is 12.2. The summed E-state index contributed by atoms with van der Waals surface area (Å²) in [4.78, 5) is 2.88. The molecular formula is C24H49NO. The molecule has 26 heavy (non-hydrogen) atoms. The third-order valence-electron chi connectivity index (χ3n) is 6.05. The molecule has 0 aromatic rings. The fourth-order valence-corrected chi connectivity index (χ4v) is 6.20. The lowest BCUT2D eigenvalue weighted by atomic mass is 9.73. The maximum atomic E-state index is 9.90. The van der Waals surface area contributed by atoms with Crippen molar-refractivity contribution in [2.45, 2.75) is 137 Å². The van der Waals surface area contributed by atoms with Crippen LogP contribution in [-0.4, -0.2) is 33.7 Å². The highest BCUT2D eigenvalue weighted by Crippen LogP contribution is 2.43. The van der Waals surface area contributed by atoms with E-state index in [1.807, 2.05) is 0 Å². The molecule has 0 bridgehead atoms. The quantitative estimate of drug-likeness (QED) is 0.534. The summed E-state index contributed by atoms with van der Waals surface area (Å²) in [6.45, 7) is 21.6. The first-order chi connectivity index (χ1) is 11.7. The molecule has 0 aliphatic heterocycles. The smallest absolute Gasteiger partial charge is 0.0482 e. The first-order valence-electron chi connectivity index (χ1n) is 11.1. The predicted molar refractivity (Wildman–Crippen MR) is 116 cm³/mol. The van der Waals surface area contributed by atoms with Crippen LogP contribution in [0.1, 0.15) is 120 Å². The zero-order valence-corrected chi connectivity index (χ0v) is 19.5. The van der Waals surface area contributed by atoms with Gasteiger partial charge in [-0.15, -0.1) is 0 Å². The molecule has 0 atom stereocenters. The molecule has 0 aromatic heterocycles. The standard InChI is InChI=1S/C24H49NO/c1-21(2,3)17-23(6,7)25(20-15-13-11-10-12-14-16-20)24(8,9)18-22(4,5)19-26/h20,26H,10-19H2,1-9H3. The molecule has 1 aliphatic rings. The molecule has 2 nitrogen and oxygen atoms in total. The minimum atomic E-state index is -0.0405. The topological polar surface area (TPSA) is 23.5 Å². The summed E-state index contributed by atoms with van der Waals surface area (Å²) in [6, 6.07) is 0.664. The summed E-state index contributed by atoms with van der Waals surface area (Å²) < 4.78 is 0. The first kappa shape index (κ1) is 24.0. The van der Waals surface area contributed by atoms with Gasteiger partial charge in [-0.25, -0.2) is 0 Å². The van der Waals surface area contributed by atoms with Gasteiger partial charge in [0.2, 0.25) is 0 Å². The van der Waals surface area contributed by atoms with Gasteiger partial charge in [0, 0.05) is 23.7 Å². The van der Waals surface area contributed by atoms with Crippen molar-refractivity contribution < 1.29 is 5.11 Å². The van der Waals surface area contributed by atoms with Gasteiger partial charge in [0.15, 0.2) is 0 Å². The van der Waals surface area contributed by atoms with Crippen LogP contribution in [0.5, 0.6) is 0 Å². The Morgan fingerprint density at radius 1 is 0.692 bits per heavy atom. The predicted octanol–water partition coefficient (Wildman–Crippen LogP) is 6.80. The van der Waals surface area contributed by atoms with Crippen LogP contribution in [0.25, 0.3) is 0 Å². The van der Waals surface area contributed by atoms with Crippen LogP contribution in [0.2, 0.25) is 0 Å². The third kappa shape index (κ3) is 7.50. The fraction of sp³-hybridized carbons (Fsp3) is 1.00. The molecule has 1 aliphatic carbocycles. The van der Waals surface area contributed by atoms with Crippen molar-refractivity contribution in [3.63, 3.8) is 0 Å². The maximum Gasteiger partial charge on any atom is 0.0482 e. The van der Waals surface area contributed by atoms with E-state index in [2.05, 4.69) is 67.2 Å². The number of hydrogen-bond acceptors (Lipinski definition) is 2. The second-order valence-corrected chi connectivity index (χ2v) is 12.2. The van der Waals surface area contributed by atoms with Crippen LogP contribution in [0.3, 0.4) is 0 Å². The minimum Gasteiger partial charge on any atom is -0.396 e. The Kier molecular flexibility index (Phi) is 8.24. The largest absolute Gasteiger partial charge is 0.396 e. The van der Waals surface area contributed by atoms with Crippen molar-refractivity contribution in [2.24, 2.45) is 10.8 Å². The summed E-state index contributed by atoms with van der Waals surface area (Å²) in [5.41, 5.74) is 0.495. The Hall–Kier alpha value is -0.0800.